The first-order chi connectivity index (χ1) is 19.1. The Hall–Kier alpha value is -3.68. The third-order valence-corrected chi connectivity index (χ3v) is 10.4. The third-order valence-electron chi connectivity index (χ3n) is 6.73. The molecule has 0 bridgehead atoms. The van der Waals surface area contributed by atoms with Gasteiger partial charge in [-0.2, -0.15) is 4.31 Å². The SMILES string of the molecule is Cc1ccc(S(=O)(=O)N2CCN(C(=O)CN(c3cccc(F)c3)S(=O)(=O)c3ccc4c(c3)OCCO4)CC2)cc1. The number of anilines is 1. The van der Waals surface area contributed by atoms with Crippen molar-refractivity contribution in [3.8, 4) is 11.5 Å². The van der Waals surface area contributed by atoms with E-state index < -0.39 is 38.3 Å². The lowest BCUT2D eigenvalue weighted by molar-refractivity contribution is -0.130. The summed E-state index contributed by atoms with van der Waals surface area (Å²) in [5, 5.41) is 0. The molecule has 1 amide bonds. The molecule has 0 N–H and O–H groups in total. The van der Waals surface area contributed by atoms with Crippen LogP contribution >= 0.6 is 0 Å². The number of hydrogen-bond donors (Lipinski definition) is 0. The molecule has 40 heavy (non-hydrogen) atoms. The molecule has 3 aromatic rings. The molecular formula is C27H28FN3O7S2. The maximum Gasteiger partial charge on any atom is 0.264 e. The van der Waals surface area contributed by atoms with Crippen molar-refractivity contribution in [3.63, 3.8) is 0 Å². The van der Waals surface area contributed by atoms with E-state index in [2.05, 4.69) is 0 Å². The summed E-state index contributed by atoms with van der Waals surface area (Å²) in [5.74, 6) is -0.555. The first-order valence-corrected chi connectivity index (χ1v) is 15.5. The monoisotopic (exact) mass is 589 g/mol. The number of carbonyl (C=O) groups excluding carboxylic acids is 1. The van der Waals surface area contributed by atoms with Gasteiger partial charge < -0.3 is 14.4 Å². The highest BCUT2D eigenvalue weighted by molar-refractivity contribution is 7.92. The molecule has 3 aromatic carbocycles. The molecule has 2 heterocycles. The number of rotatable bonds is 7. The third kappa shape index (κ3) is 5.62. The van der Waals surface area contributed by atoms with E-state index in [4.69, 9.17) is 9.47 Å². The standard InChI is InChI=1S/C27H28FN3O7S2/c1-20-5-7-23(8-6-20)39(33,34)30-13-11-29(12-14-30)27(32)19-31(22-4-2-3-21(28)17-22)40(35,36)24-9-10-25-26(18-24)38-16-15-37-25/h2-10,17-18H,11-16,19H2,1H3. The van der Waals surface area contributed by atoms with E-state index in [1.165, 1.54) is 45.6 Å². The van der Waals surface area contributed by atoms with Crippen LogP contribution in [0.2, 0.25) is 0 Å². The molecular weight excluding hydrogens is 561 g/mol. The van der Waals surface area contributed by atoms with Crippen molar-refractivity contribution in [1.82, 2.24) is 9.21 Å². The van der Waals surface area contributed by atoms with Gasteiger partial charge in [-0.1, -0.05) is 23.8 Å². The quantitative estimate of drug-likeness (QED) is 0.416. The van der Waals surface area contributed by atoms with Crippen LogP contribution in [0.3, 0.4) is 0 Å². The predicted molar refractivity (Wildman–Crippen MR) is 145 cm³/mol. The molecule has 0 aromatic heterocycles. The number of hydrogen-bond acceptors (Lipinski definition) is 7. The Morgan fingerprint density at radius 3 is 2.17 bits per heavy atom. The topological polar surface area (TPSA) is 114 Å². The van der Waals surface area contributed by atoms with E-state index in [9.17, 15) is 26.0 Å². The average molecular weight is 590 g/mol. The molecule has 0 unspecified atom stereocenters. The molecule has 0 radical (unpaired) electrons. The van der Waals surface area contributed by atoms with Gasteiger partial charge in [0.2, 0.25) is 15.9 Å². The Labute approximate surface area is 232 Å². The van der Waals surface area contributed by atoms with Gasteiger partial charge in [0.1, 0.15) is 25.6 Å². The van der Waals surface area contributed by atoms with Gasteiger partial charge in [0.05, 0.1) is 15.5 Å². The van der Waals surface area contributed by atoms with Crippen molar-refractivity contribution in [2.45, 2.75) is 16.7 Å². The summed E-state index contributed by atoms with van der Waals surface area (Å²) in [6.07, 6.45) is 0. The molecule has 0 aliphatic carbocycles. The number of piperazine rings is 1. The van der Waals surface area contributed by atoms with Gasteiger partial charge in [-0.05, 0) is 49.4 Å². The highest BCUT2D eigenvalue weighted by Crippen LogP contribution is 2.34. The molecule has 1 saturated heterocycles. The first kappa shape index (κ1) is 27.9. The second kappa shape index (κ2) is 11.1. The van der Waals surface area contributed by atoms with E-state index in [0.29, 0.717) is 12.4 Å². The predicted octanol–water partition coefficient (Wildman–Crippen LogP) is 2.63. The number of amides is 1. The molecule has 2 aliphatic heterocycles. The Balaban J connectivity index is 1.35. The summed E-state index contributed by atoms with van der Waals surface area (Å²) in [7, 11) is -8.07. The van der Waals surface area contributed by atoms with Crippen LogP contribution in [-0.2, 0) is 24.8 Å². The first-order valence-electron chi connectivity index (χ1n) is 12.6. The second-order valence-corrected chi connectivity index (χ2v) is 13.2. The second-order valence-electron chi connectivity index (χ2n) is 9.39. The lowest BCUT2D eigenvalue weighted by Gasteiger charge is -2.35. The summed E-state index contributed by atoms with van der Waals surface area (Å²) in [6.45, 7) is 2.10. The van der Waals surface area contributed by atoms with Gasteiger partial charge in [-0.15, -0.1) is 0 Å². The number of fused-ring (bicyclic) bond motifs is 1. The van der Waals surface area contributed by atoms with Crippen molar-refractivity contribution in [3.05, 3.63) is 78.1 Å². The summed E-state index contributed by atoms with van der Waals surface area (Å²) in [4.78, 5) is 14.8. The minimum atomic E-state index is -4.33. The summed E-state index contributed by atoms with van der Waals surface area (Å²) in [6, 6.07) is 15.6. The van der Waals surface area contributed by atoms with Crippen molar-refractivity contribution in [2.75, 3.05) is 50.2 Å². The fraction of sp³-hybridized carbons (Fsp3) is 0.296. The van der Waals surface area contributed by atoms with Crippen LogP contribution in [0, 0.1) is 12.7 Å². The van der Waals surface area contributed by atoms with Crippen molar-refractivity contribution >= 4 is 31.6 Å². The molecule has 10 nitrogen and oxygen atoms in total. The lowest BCUT2D eigenvalue weighted by atomic mass is 10.2. The fourth-order valence-corrected chi connectivity index (χ4v) is 7.36. The van der Waals surface area contributed by atoms with E-state index in [1.807, 2.05) is 6.92 Å². The van der Waals surface area contributed by atoms with Crippen LogP contribution < -0.4 is 13.8 Å². The summed E-state index contributed by atoms with van der Waals surface area (Å²) < 4.78 is 80.9. The van der Waals surface area contributed by atoms with Crippen LogP contribution in [0.1, 0.15) is 5.56 Å². The Morgan fingerprint density at radius 1 is 0.850 bits per heavy atom. The highest BCUT2D eigenvalue weighted by Gasteiger charge is 2.34. The number of sulfonamides is 2. The van der Waals surface area contributed by atoms with Gasteiger partial charge >= 0.3 is 0 Å². The van der Waals surface area contributed by atoms with Gasteiger partial charge in [-0.3, -0.25) is 9.10 Å². The minimum Gasteiger partial charge on any atom is -0.486 e. The molecule has 2 aliphatic rings. The Morgan fingerprint density at radius 2 is 1.50 bits per heavy atom. The molecule has 0 atom stereocenters. The maximum absolute atomic E-state index is 14.1. The van der Waals surface area contributed by atoms with Crippen LogP contribution in [0.15, 0.2) is 76.5 Å². The van der Waals surface area contributed by atoms with Crippen LogP contribution in [0.25, 0.3) is 0 Å². The zero-order valence-electron chi connectivity index (χ0n) is 21.7. The van der Waals surface area contributed by atoms with E-state index >= 15 is 0 Å². The summed E-state index contributed by atoms with van der Waals surface area (Å²) in [5.41, 5.74) is 0.909. The zero-order valence-corrected chi connectivity index (χ0v) is 23.3. The molecule has 1 fully saturated rings. The van der Waals surface area contributed by atoms with Crippen LogP contribution in [-0.4, -0.2) is 77.9 Å². The van der Waals surface area contributed by atoms with Crippen LogP contribution in [0.5, 0.6) is 11.5 Å². The molecule has 0 saturated carbocycles. The molecule has 5 rings (SSSR count). The minimum absolute atomic E-state index is 0.0242. The molecule has 13 heteroatoms. The fourth-order valence-electron chi connectivity index (χ4n) is 4.52. The lowest BCUT2D eigenvalue weighted by Crippen LogP contribution is -2.53. The number of aryl methyl sites for hydroxylation is 1. The molecule has 0 spiro atoms. The largest absolute Gasteiger partial charge is 0.486 e. The van der Waals surface area contributed by atoms with Crippen molar-refractivity contribution in [2.24, 2.45) is 0 Å². The number of nitrogens with zero attached hydrogens (tertiary/aromatic N) is 3. The number of benzene rings is 3. The van der Waals surface area contributed by atoms with Crippen molar-refractivity contribution < 1.29 is 35.5 Å². The number of ether oxygens (including phenoxy) is 2. The highest BCUT2D eigenvalue weighted by atomic mass is 32.2. The van der Waals surface area contributed by atoms with Gasteiger partial charge in [0.25, 0.3) is 10.0 Å². The van der Waals surface area contributed by atoms with Gasteiger partial charge in [0, 0.05) is 32.2 Å². The zero-order chi connectivity index (χ0) is 28.5. The maximum atomic E-state index is 14.1. The van der Waals surface area contributed by atoms with Gasteiger partial charge in [-0.25, -0.2) is 21.2 Å². The van der Waals surface area contributed by atoms with Crippen LogP contribution in [0.4, 0.5) is 10.1 Å². The summed E-state index contributed by atoms with van der Waals surface area (Å²) >= 11 is 0. The van der Waals surface area contributed by atoms with E-state index in [1.54, 1.807) is 24.3 Å². The Bertz CT molecular complexity index is 1620. The average Bonchev–Trinajstić information content (AvgIpc) is 2.95. The molecule has 212 valence electrons. The smallest absolute Gasteiger partial charge is 0.264 e. The van der Waals surface area contributed by atoms with Gasteiger partial charge in [0.15, 0.2) is 11.5 Å². The van der Waals surface area contributed by atoms with E-state index in [0.717, 1.165) is 15.9 Å². The number of halogens is 1. The normalized spacial score (nSPS) is 16.0. The Kier molecular flexibility index (Phi) is 7.71. The number of carbonyl (C=O) groups is 1. The van der Waals surface area contributed by atoms with Crippen molar-refractivity contribution in [1.29, 1.82) is 0 Å². The van der Waals surface area contributed by atoms with E-state index in [-0.39, 0.29) is 54.0 Å².